The summed E-state index contributed by atoms with van der Waals surface area (Å²) in [6, 6.07) is 27.1. The Morgan fingerprint density at radius 2 is 1.77 bits per heavy atom. The predicted octanol–water partition coefficient (Wildman–Crippen LogP) is 4.73. The average molecular weight is 410 g/mol. The highest BCUT2D eigenvalue weighted by molar-refractivity contribution is 5.94. The third-order valence-corrected chi connectivity index (χ3v) is 4.68. The zero-order valence-corrected chi connectivity index (χ0v) is 17.1. The topological polar surface area (TPSA) is 79.4 Å². The van der Waals surface area contributed by atoms with Crippen LogP contribution in [0.25, 0.3) is 11.3 Å². The zero-order chi connectivity index (χ0) is 21.5. The molecule has 6 nitrogen and oxygen atoms in total. The number of nitrogens with zero attached hydrogens (tertiary/aromatic N) is 2. The number of hydrogen-bond acceptors (Lipinski definition) is 4. The van der Waals surface area contributed by atoms with Crippen LogP contribution in [0.5, 0.6) is 5.75 Å². The maximum Gasteiger partial charge on any atom is 0.289 e. The van der Waals surface area contributed by atoms with Crippen molar-refractivity contribution in [1.29, 1.82) is 0 Å². The van der Waals surface area contributed by atoms with Crippen molar-refractivity contribution in [2.75, 3.05) is 0 Å². The van der Waals surface area contributed by atoms with Gasteiger partial charge in [0.05, 0.1) is 11.9 Å². The summed E-state index contributed by atoms with van der Waals surface area (Å²) in [5.74, 6) is 0.413. The Kier molecular flexibility index (Phi) is 6.18. The number of hydrazone groups is 1. The van der Waals surface area contributed by atoms with Crippen LogP contribution in [-0.4, -0.2) is 22.3 Å². The number of aromatic amines is 1. The van der Waals surface area contributed by atoms with Gasteiger partial charge < -0.3 is 4.74 Å². The maximum atomic E-state index is 12.3. The minimum Gasteiger partial charge on any atom is -0.489 e. The molecule has 4 aromatic rings. The van der Waals surface area contributed by atoms with Crippen molar-refractivity contribution in [1.82, 2.24) is 15.6 Å². The lowest BCUT2D eigenvalue weighted by Crippen LogP contribution is -2.17. The van der Waals surface area contributed by atoms with E-state index in [1.165, 1.54) is 5.56 Å². The lowest BCUT2D eigenvalue weighted by molar-refractivity contribution is 0.0950. The summed E-state index contributed by atoms with van der Waals surface area (Å²) < 4.78 is 5.81. The number of amides is 1. The molecular formula is C25H22N4O2. The number of rotatable bonds is 7. The Morgan fingerprint density at radius 3 is 2.52 bits per heavy atom. The lowest BCUT2D eigenvalue weighted by Gasteiger charge is -2.06. The van der Waals surface area contributed by atoms with Crippen molar-refractivity contribution in [3.8, 4) is 17.0 Å². The van der Waals surface area contributed by atoms with E-state index in [2.05, 4.69) is 20.7 Å². The molecule has 0 saturated heterocycles. The first-order valence-corrected chi connectivity index (χ1v) is 9.90. The van der Waals surface area contributed by atoms with E-state index in [9.17, 15) is 4.79 Å². The Bertz CT molecular complexity index is 1160. The molecule has 1 aromatic heterocycles. The van der Waals surface area contributed by atoms with Crippen molar-refractivity contribution < 1.29 is 9.53 Å². The van der Waals surface area contributed by atoms with Crippen molar-refractivity contribution in [3.63, 3.8) is 0 Å². The van der Waals surface area contributed by atoms with E-state index < -0.39 is 0 Å². The number of hydrogen-bond donors (Lipinski definition) is 2. The molecule has 0 aliphatic heterocycles. The highest BCUT2D eigenvalue weighted by Crippen LogP contribution is 2.22. The molecule has 3 aromatic carbocycles. The highest BCUT2D eigenvalue weighted by atomic mass is 16.5. The summed E-state index contributed by atoms with van der Waals surface area (Å²) in [5, 5.41) is 11.0. The smallest absolute Gasteiger partial charge is 0.289 e. The standard InChI is InChI=1S/C25H22N4O2/c1-18-7-9-19(10-8-18)16-26-29-25(30)24-15-23(27-28-24)21-11-13-22(14-12-21)31-17-20-5-3-2-4-6-20/h2-16H,17H2,1H3,(H,27,28)(H,29,30)/b26-16+. The van der Waals surface area contributed by atoms with Gasteiger partial charge in [-0.05, 0) is 48.4 Å². The number of ether oxygens (including phenoxy) is 1. The molecule has 4 rings (SSSR count). The quantitative estimate of drug-likeness (QED) is 0.342. The van der Waals surface area contributed by atoms with Gasteiger partial charge in [-0.15, -0.1) is 0 Å². The van der Waals surface area contributed by atoms with Gasteiger partial charge in [-0.3, -0.25) is 9.89 Å². The van der Waals surface area contributed by atoms with Crippen LogP contribution in [0.4, 0.5) is 0 Å². The first-order chi connectivity index (χ1) is 15.2. The second-order valence-electron chi connectivity index (χ2n) is 7.08. The summed E-state index contributed by atoms with van der Waals surface area (Å²) in [4.78, 5) is 12.3. The molecule has 1 heterocycles. The van der Waals surface area contributed by atoms with E-state index in [-0.39, 0.29) is 5.91 Å². The van der Waals surface area contributed by atoms with Crippen molar-refractivity contribution in [2.24, 2.45) is 5.10 Å². The molecule has 0 atom stereocenters. The molecule has 0 fully saturated rings. The maximum absolute atomic E-state index is 12.3. The van der Waals surface area contributed by atoms with E-state index in [0.717, 1.165) is 22.4 Å². The monoisotopic (exact) mass is 410 g/mol. The van der Waals surface area contributed by atoms with Crippen molar-refractivity contribution in [2.45, 2.75) is 13.5 Å². The van der Waals surface area contributed by atoms with Gasteiger partial charge >= 0.3 is 0 Å². The Balaban J connectivity index is 1.34. The molecule has 0 aliphatic carbocycles. The highest BCUT2D eigenvalue weighted by Gasteiger charge is 2.10. The summed E-state index contributed by atoms with van der Waals surface area (Å²) in [5.41, 5.74) is 7.58. The van der Waals surface area contributed by atoms with Gasteiger partial charge in [-0.1, -0.05) is 60.2 Å². The first kappa shape index (κ1) is 20.1. The molecule has 2 N–H and O–H groups in total. The third-order valence-electron chi connectivity index (χ3n) is 4.68. The molecule has 0 saturated carbocycles. The number of carbonyl (C=O) groups is 1. The van der Waals surface area contributed by atoms with E-state index in [1.807, 2.05) is 85.8 Å². The molecule has 0 radical (unpaired) electrons. The van der Waals surface area contributed by atoms with Gasteiger partial charge in [0.1, 0.15) is 18.1 Å². The second-order valence-corrected chi connectivity index (χ2v) is 7.08. The molecule has 1 amide bonds. The van der Waals surface area contributed by atoms with Crippen molar-refractivity contribution >= 4 is 12.1 Å². The number of H-pyrrole nitrogens is 1. The fourth-order valence-corrected chi connectivity index (χ4v) is 2.93. The van der Waals surface area contributed by atoms with Crippen molar-refractivity contribution in [3.05, 3.63) is 107 Å². The first-order valence-electron chi connectivity index (χ1n) is 9.90. The van der Waals surface area contributed by atoms with Crippen LogP contribution in [-0.2, 0) is 6.61 Å². The molecule has 0 spiro atoms. The number of carbonyl (C=O) groups excluding carboxylic acids is 1. The van der Waals surface area contributed by atoms with Crippen LogP contribution < -0.4 is 10.2 Å². The SMILES string of the molecule is Cc1ccc(/C=N/NC(=O)c2cc(-c3ccc(OCc4ccccc4)cc3)n[nH]2)cc1. The molecule has 31 heavy (non-hydrogen) atoms. The fourth-order valence-electron chi connectivity index (χ4n) is 2.93. The summed E-state index contributed by atoms with van der Waals surface area (Å²) in [6.45, 7) is 2.53. The predicted molar refractivity (Wildman–Crippen MR) is 121 cm³/mol. The minimum absolute atomic E-state index is 0.334. The normalized spacial score (nSPS) is 10.9. The summed E-state index contributed by atoms with van der Waals surface area (Å²) >= 11 is 0. The van der Waals surface area contributed by atoms with Gasteiger partial charge in [0.2, 0.25) is 0 Å². The Morgan fingerprint density at radius 1 is 1.03 bits per heavy atom. The molecule has 6 heteroatoms. The van der Waals surface area contributed by atoms with Crippen LogP contribution in [0.2, 0.25) is 0 Å². The number of aromatic nitrogens is 2. The Labute approximate surface area is 180 Å². The molecule has 0 unspecified atom stereocenters. The second kappa shape index (κ2) is 9.54. The van der Waals surface area contributed by atoms with Crippen LogP contribution in [0.15, 0.2) is 90.0 Å². The zero-order valence-electron chi connectivity index (χ0n) is 17.1. The number of nitrogens with one attached hydrogen (secondary N) is 2. The Hall–Kier alpha value is -4.19. The molecular weight excluding hydrogens is 388 g/mol. The average Bonchev–Trinajstić information content (AvgIpc) is 3.30. The van der Waals surface area contributed by atoms with Gasteiger partial charge in [-0.25, -0.2) is 5.43 Å². The van der Waals surface area contributed by atoms with Crippen LogP contribution in [0.3, 0.4) is 0 Å². The van der Waals surface area contributed by atoms with Crippen LogP contribution in [0.1, 0.15) is 27.2 Å². The fraction of sp³-hybridized carbons (Fsp3) is 0.0800. The van der Waals surface area contributed by atoms with E-state index in [0.29, 0.717) is 18.0 Å². The van der Waals surface area contributed by atoms with E-state index in [4.69, 9.17) is 4.74 Å². The summed E-state index contributed by atoms with van der Waals surface area (Å²) in [7, 11) is 0. The summed E-state index contributed by atoms with van der Waals surface area (Å²) in [6.07, 6.45) is 1.60. The largest absolute Gasteiger partial charge is 0.489 e. The van der Waals surface area contributed by atoms with E-state index >= 15 is 0 Å². The number of aryl methyl sites for hydroxylation is 1. The van der Waals surface area contributed by atoms with Gasteiger partial charge in [0.15, 0.2) is 0 Å². The minimum atomic E-state index is -0.357. The van der Waals surface area contributed by atoms with Gasteiger partial charge in [0.25, 0.3) is 5.91 Å². The van der Waals surface area contributed by atoms with E-state index in [1.54, 1.807) is 12.3 Å². The molecule has 0 bridgehead atoms. The lowest BCUT2D eigenvalue weighted by atomic mass is 10.1. The van der Waals surface area contributed by atoms with Crippen LogP contribution >= 0.6 is 0 Å². The molecule has 154 valence electrons. The molecule has 0 aliphatic rings. The number of benzene rings is 3. The van der Waals surface area contributed by atoms with Crippen LogP contribution in [0, 0.1) is 6.92 Å². The third kappa shape index (κ3) is 5.45. The van der Waals surface area contributed by atoms with Gasteiger partial charge in [-0.2, -0.15) is 10.2 Å². The van der Waals surface area contributed by atoms with Gasteiger partial charge in [0, 0.05) is 5.56 Å².